The number of nitrogens with two attached hydrogens (primary N) is 1. The van der Waals surface area contributed by atoms with Crippen LogP contribution in [0.25, 0.3) is 0 Å². The lowest BCUT2D eigenvalue weighted by Crippen LogP contribution is -2.59. The van der Waals surface area contributed by atoms with E-state index >= 15 is 0 Å². The van der Waals surface area contributed by atoms with E-state index < -0.39 is 11.9 Å². The molecule has 2 atom stereocenters. The average molecular weight is 519 g/mol. The molecule has 1 heterocycles. The summed E-state index contributed by atoms with van der Waals surface area (Å²) in [5, 5.41) is 3.10. The highest BCUT2D eigenvalue weighted by Gasteiger charge is 2.39. The first-order valence-electron chi connectivity index (χ1n) is 13.6. The third-order valence-electron chi connectivity index (χ3n) is 7.68. The highest BCUT2D eigenvalue weighted by Crippen LogP contribution is 2.28. The number of carbonyl (C=O) groups is 3. The summed E-state index contributed by atoms with van der Waals surface area (Å²) in [4.78, 5) is 43.1. The third kappa shape index (κ3) is 7.98. The molecule has 1 aromatic rings. The Balaban J connectivity index is 1.74. The summed E-state index contributed by atoms with van der Waals surface area (Å²) in [7, 11) is 1.46. The predicted octanol–water partition coefficient (Wildman–Crippen LogP) is 2.81. The standard InChI is InChI=1S/C28H43FN4O4/c1-19(2)17-33(28(36)22-8-10-23(29)11-9-22)24-12-13-32(26(34)18-37-3)25(14-24)27(35)31-16-21-6-4-20(15-30)5-7-21/h8-11,19-21,24-25H,4-7,12-18,30H2,1-3H3,(H,31,35)/t20?,21?,24?,25-/m1/s1. The van der Waals surface area contributed by atoms with Gasteiger partial charge in [-0.2, -0.15) is 0 Å². The molecule has 0 bridgehead atoms. The number of hydrogen-bond donors (Lipinski definition) is 2. The Hall–Kier alpha value is -2.52. The number of nitrogens with one attached hydrogen (secondary N) is 1. The van der Waals surface area contributed by atoms with Gasteiger partial charge >= 0.3 is 0 Å². The first kappa shape index (κ1) is 29.0. The van der Waals surface area contributed by atoms with Crippen molar-refractivity contribution in [2.75, 3.05) is 39.9 Å². The molecule has 0 radical (unpaired) electrons. The lowest BCUT2D eigenvalue weighted by molar-refractivity contribution is -0.146. The topological polar surface area (TPSA) is 105 Å². The maximum absolute atomic E-state index is 13.5. The summed E-state index contributed by atoms with van der Waals surface area (Å²) in [6.07, 6.45) is 5.14. The van der Waals surface area contributed by atoms with Crippen molar-refractivity contribution in [1.29, 1.82) is 0 Å². The van der Waals surface area contributed by atoms with Crippen LogP contribution >= 0.6 is 0 Å². The van der Waals surface area contributed by atoms with Gasteiger partial charge in [-0.05, 0) is 87.1 Å². The summed E-state index contributed by atoms with van der Waals surface area (Å²) < 4.78 is 18.5. The molecule has 3 rings (SSSR count). The number of piperidine rings is 1. The van der Waals surface area contributed by atoms with Crippen molar-refractivity contribution in [3.05, 3.63) is 35.6 Å². The van der Waals surface area contributed by atoms with Crippen LogP contribution in [0.4, 0.5) is 4.39 Å². The minimum atomic E-state index is -0.683. The van der Waals surface area contributed by atoms with Gasteiger partial charge in [0.05, 0.1) is 0 Å². The normalized spacial score (nSPS) is 24.1. The molecule has 1 saturated carbocycles. The molecular formula is C28H43FN4O4. The van der Waals surface area contributed by atoms with E-state index in [0.29, 0.717) is 56.4 Å². The molecule has 206 valence electrons. The largest absolute Gasteiger partial charge is 0.375 e. The molecule has 0 spiro atoms. The van der Waals surface area contributed by atoms with E-state index in [9.17, 15) is 18.8 Å². The molecule has 0 aromatic heterocycles. The summed E-state index contributed by atoms with van der Waals surface area (Å²) in [6, 6.07) is 4.64. The van der Waals surface area contributed by atoms with E-state index in [-0.39, 0.29) is 36.3 Å². The zero-order chi connectivity index (χ0) is 26.9. The summed E-state index contributed by atoms with van der Waals surface area (Å²) in [5.41, 5.74) is 6.22. The van der Waals surface area contributed by atoms with Crippen LogP contribution in [0, 0.1) is 23.6 Å². The molecule has 1 aromatic carbocycles. The minimum absolute atomic E-state index is 0.0955. The molecule has 1 aliphatic carbocycles. The second kappa shape index (κ2) is 13.9. The van der Waals surface area contributed by atoms with E-state index in [0.717, 1.165) is 25.7 Å². The van der Waals surface area contributed by atoms with Gasteiger partial charge < -0.3 is 25.6 Å². The first-order chi connectivity index (χ1) is 17.7. The van der Waals surface area contributed by atoms with E-state index in [2.05, 4.69) is 5.32 Å². The van der Waals surface area contributed by atoms with Crippen molar-refractivity contribution in [2.45, 2.75) is 64.5 Å². The average Bonchev–Trinajstić information content (AvgIpc) is 2.90. The molecule has 37 heavy (non-hydrogen) atoms. The van der Waals surface area contributed by atoms with Gasteiger partial charge in [0.1, 0.15) is 18.5 Å². The molecule has 9 heteroatoms. The molecule has 2 fully saturated rings. The van der Waals surface area contributed by atoms with Crippen molar-refractivity contribution >= 4 is 17.7 Å². The number of hydrogen-bond acceptors (Lipinski definition) is 5. The molecule has 8 nitrogen and oxygen atoms in total. The Labute approximate surface area is 220 Å². The van der Waals surface area contributed by atoms with Crippen LogP contribution in [0.15, 0.2) is 24.3 Å². The van der Waals surface area contributed by atoms with Crippen LogP contribution in [0.5, 0.6) is 0 Å². The Kier molecular flexibility index (Phi) is 10.9. The summed E-state index contributed by atoms with van der Waals surface area (Å²) >= 11 is 0. The van der Waals surface area contributed by atoms with E-state index in [4.69, 9.17) is 10.5 Å². The first-order valence-corrected chi connectivity index (χ1v) is 13.6. The van der Waals surface area contributed by atoms with E-state index in [1.807, 2.05) is 13.8 Å². The van der Waals surface area contributed by atoms with Gasteiger partial charge in [0, 0.05) is 38.3 Å². The fourth-order valence-corrected chi connectivity index (χ4v) is 5.57. The number of nitrogens with zero attached hydrogens (tertiary/aromatic N) is 2. The smallest absolute Gasteiger partial charge is 0.254 e. The Morgan fingerprint density at radius 1 is 1.11 bits per heavy atom. The van der Waals surface area contributed by atoms with E-state index in [1.165, 1.54) is 31.4 Å². The molecule has 1 aliphatic heterocycles. The van der Waals surface area contributed by atoms with Gasteiger partial charge in [-0.3, -0.25) is 14.4 Å². The Morgan fingerprint density at radius 2 is 1.76 bits per heavy atom. The van der Waals surface area contributed by atoms with Gasteiger partial charge in [-0.15, -0.1) is 0 Å². The highest BCUT2D eigenvalue weighted by molar-refractivity contribution is 5.94. The maximum Gasteiger partial charge on any atom is 0.254 e. The van der Waals surface area contributed by atoms with Crippen molar-refractivity contribution in [3.63, 3.8) is 0 Å². The molecule has 3 amide bonds. The number of ether oxygens (including phenoxy) is 1. The van der Waals surface area contributed by atoms with Gasteiger partial charge in [0.2, 0.25) is 11.8 Å². The van der Waals surface area contributed by atoms with Crippen LogP contribution in [0.1, 0.15) is 62.7 Å². The number of halogens is 1. The monoisotopic (exact) mass is 518 g/mol. The fourth-order valence-electron chi connectivity index (χ4n) is 5.57. The Morgan fingerprint density at radius 3 is 2.35 bits per heavy atom. The van der Waals surface area contributed by atoms with Crippen molar-refractivity contribution < 1.29 is 23.5 Å². The van der Waals surface area contributed by atoms with Crippen molar-refractivity contribution in [3.8, 4) is 0 Å². The van der Waals surface area contributed by atoms with Crippen LogP contribution in [-0.4, -0.2) is 79.5 Å². The SMILES string of the molecule is COCC(=O)N1CCC(N(CC(C)C)C(=O)c2ccc(F)cc2)C[C@@H]1C(=O)NCC1CCC(CN)CC1. The van der Waals surface area contributed by atoms with Gasteiger partial charge in [-0.25, -0.2) is 4.39 Å². The quantitative estimate of drug-likeness (QED) is 0.496. The number of methoxy groups -OCH3 is 1. The zero-order valence-corrected chi connectivity index (χ0v) is 22.5. The number of likely N-dealkylation sites (tertiary alicyclic amines) is 1. The lowest BCUT2D eigenvalue weighted by atomic mass is 9.82. The van der Waals surface area contributed by atoms with Gasteiger partial charge in [0.25, 0.3) is 5.91 Å². The maximum atomic E-state index is 13.5. The summed E-state index contributed by atoms with van der Waals surface area (Å²) in [6.45, 7) is 6.12. The fraction of sp³-hybridized carbons (Fsp3) is 0.679. The highest BCUT2D eigenvalue weighted by atomic mass is 19.1. The van der Waals surface area contributed by atoms with Crippen LogP contribution in [0.2, 0.25) is 0 Å². The minimum Gasteiger partial charge on any atom is -0.375 e. The zero-order valence-electron chi connectivity index (χ0n) is 22.5. The molecule has 3 N–H and O–H groups in total. The second-order valence-electron chi connectivity index (χ2n) is 10.9. The van der Waals surface area contributed by atoms with E-state index in [1.54, 1.807) is 9.80 Å². The van der Waals surface area contributed by atoms with Crippen LogP contribution in [0.3, 0.4) is 0 Å². The number of benzene rings is 1. The van der Waals surface area contributed by atoms with Crippen molar-refractivity contribution in [1.82, 2.24) is 15.1 Å². The molecule has 1 saturated heterocycles. The number of carbonyl (C=O) groups excluding carboxylic acids is 3. The predicted molar refractivity (Wildman–Crippen MR) is 140 cm³/mol. The Bertz CT molecular complexity index is 902. The van der Waals surface area contributed by atoms with Crippen molar-refractivity contribution in [2.24, 2.45) is 23.5 Å². The lowest BCUT2D eigenvalue weighted by Gasteiger charge is -2.43. The molecular weight excluding hydrogens is 475 g/mol. The van der Waals surface area contributed by atoms with Gasteiger partial charge in [0.15, 0.2) is 0 Å². The van der Waals surface area contributed by atoms with Gasteiger partial charge in [-0.1, -0.05) is 13.8 Å². The molecule has 2 aliphatic rings. The number of amides is 3. The number of rotatable bonds is 10. The van der Waals surface area contributed by atoms with Crippen LogP contribution in [-0.2, 0) is 14.3 Å². The third-order valence-corrected chi connectivity index (χ3v) is 7.68. The summed E-state index contributed by atoms with van der Waals surface area (Å²) in [5.74, 6) is 0.175. The second-order valence-corrected chi connectivity index (χ2v) is 10.9. The molecule has 1 unspecified atom stereocenters. The van der Waals surface area contributed by atoms with Crippen LogP contribution < -0.4 is 11.1 Å².